The van der Waals surface area contributed by atoms with Gasteiger partial charge in [0.05, 0.1) is 16.9 Å². The van der Waals surface area contributed by atoms with Gasteiger partial charge in [0, 0.05) is 27.9 Å². The molecule has 1 heterocycles. The predicted molar refractivity (Wildman–Crippen MR) is 179 cm³/mol. The van der Waals surface area contributed by atoms with Crippen LogP contribution in [0.25, 0.3) is 11.3 Å². The minimum atomic E-state index is -0.353. The number of aromatic nitrogens is 1. The number of hydrogen-bond acceptors (Lipinski definition) is 7. The number of anilines is 3. The number of thiazole rings is 1. The highest BCUT2D eigenvalue weighted by Crippen LogP contribution is 2.28. The molecule has 0 fully saturated rings. The van der Waals surface area contributed by atoms with E-state index in [0.29, 0.717) is 21.9 Å². The van der Waals surface area contributed by atoms with Gasteiger partial charge in [-0.1, -0.05) is 53.6 Å². The lowest BCUT2D eigenvalue weighted by Gasteiger charge is -2.11. The number of hydrazone groups is 1. The molecule has 10 heteroatoms. The van der Waals surface area contributed by atoms with Crippen LogP contribution in [-0.2, 0) is 4.79 Å². The quantitative estimate of drug-likeness (QED) is 0.108. The van der Waals surface area contributed by atoms with E-state index in [1.165, 1.54) is 23.1 Å². The summed E-state index contributed by atoms with van der Waals surface area (Å²) in [6, 6.07) is 26.1. The molecule has 5 rings (SSSR count). The normalized spacial score (nSPS) is 10.9. The summed E-state index contributed by atoms with van der Waals surface area (Å²) >= 11 is 7.87. The molecule has 3 N–H and O–H groups in total. The topological polar surface area (TPSA) is 105 Å². The summed E-state index contributed by atoms with van der Waals surface area (Å²) < 4.78 is 5.60. The van der Waals surface area contributed by atoms with Gasteiger partial charge in [0.25, 0.3) is 11.8 Å². The molecule has 0 atom stereocenters. The molecule has 44 heavy (non-hydrogen) atoms. The van der Waals surface area contributed by atoms with Crippen LogP contribution in [0.2, 0.25) is 5.02 Å². The molecule has 0 aliphatic heterocycles. The third kappa shape index (κ3) is 8.09. The lowest BCUT2D eigenvalue weighted by Crippen LogP contribution is -2.20. The summed E-state index contributed by atoms with van der Waals surface area (Å²) in [7, 11) is 0. The first kappa shape index (κ1) is 30.5. The molecule has 0 bridgehead atoms. The Morgan fingerprint density at radius 2 is 1.68 bits per heavy atom. The average molecular weight is 624 g/mol. The zero-order valence-electron chi connectivity index (χ0n) is 24.4. The molecule has 0 aliphatic rings. The molecule has 222 valence electrons. The van der Waals surface area contributed by atoms with Gasteiger partial charge in [-0.05, 0) is 86.0 Å². The second kappa shape index (κ2) is 14.0. The maximum Gasteiger partial charge on any atom is 0.271 e. The Morgan fingerprint density at radius 1 is 0.932 bits per heavy atom. The van der Waals surface area contributed by atoms with Crippen LogP contribution < -0.4 is 20.8 Å². The van der Waals surface area contributed by atoms with Gasteiger partial charge < -0.3 is 15.4 Å². The van der Waals surface area contributed by atoms with E-state index in [1.807, 2.05) is 80.7 Å². The molecule has 0 spiro atoms. The third-order valence-electron chi connectivity index (χ3n) is 6.61. The first-order valence-electron chi connectivity index (χ1n) is 13.8. The fourth-order valence-corrected chi connectivity index (χ4v) is 5.14. The molecule has 0 saturated carbocycles. The van der Waals surface area contributed by atoms with Crippen LogP contribution in [0.5, 0.6) is 5.75 Å². The largest absolute Gasteiger partial charge is 0.482 e. The van der Waals surface area contributed by atoms with Crippen molar-refractivity contribution in [3.8, 4) is 17.0 Å². The van der Waals surface area contributed by atoms with Crippen molar-refractivity contribution in [2.24, 2.45) is 5.10 Å². The summed E-state index contributed by atoms with van der Waals surface area (Å²) in [4.78, 5) is 29.6. The smallest absolute Gasteiger partial charge is 0.271 e. The Hall–Kier alpha value is -4.99. The standard InChI is InChI=1S/C34H30ClN5O3S/c1-21-5-13-27(14-6-21)37-34-39-30(20-44-34)25-9-11-26(12-10-25)33(42)40-36-18-24-8-15-31(28(35)17-24)43-19-32(41)38-29-16-22(2)4-7-23(29)3/h4-18,20H,19H2,1-3H3,(H,37,39)(H,38,41)(H,40,42)/b36-18+. The van der Waals surface area contributed by atoms with Gasteiger partial charge in [-0.2, -0.15) is 5.10 Å². The van der Waals surface area contributed by atoms with Crippen LogP contribution in [0.15, 0.2) is 95.4 Å². The number of carbonyl (C=O) groups excluding carboxylic acids is 2. The molecular weight excluding hydrogens is 594 g/mol. The molecule has 0 radical (unpaired) electrons. The van der Waals surface area contributed by atoms with E-state index in [2.05, 4.69) is 26.1 Å². The highest BCUT2D eigenvalue weighted by molar-refractivity contribution is 7.14. The Morgan fingerprint density at radius 3 is 2.43 bits per heavy atom. The highest BCUT2D eigenvalue weighted by Gasteiger charge is 2.10. The van der Waals surface area contributed by atoms with Gasteiger partial charge in [0.1, 0.15) is 5.75 Å². The van der Waals surface area contributed by atoms with E-state index in [-0.39, 0.29) is 18.4 Å². The number of rotatable bonds is 10. The van der Waals surface area contributed by atoms with Gasteiger partial charge in [0.2, 0.25) is 0 Å². The number of aryl methyl sites for hydroxylation is 3. The SMILES string of the molecule is Cc1ccc(Nc2nc(-c3ccc(C(=O)N/N=C/c4ccc(OCC(=O)Nc5cc(C)ccc5C)c(Cl)c4)cc3)cs2)cc1. The van der Waals surface area contributed by atoms with Gasteiger partial charge in [-0.15, -0.1) is 11.3 Å². The number of nitrogens with zero attached hydrogens (tertiary/aromatic N) is 2. The van der Waals surface area contributed by atoms with Gasteiger partial charge in [-0.3, -0.25) is 9.59 Å². The number of carbonyl (C=O) groups is 2. The molecule has 0 saturated heterocycles. The summed E-state index contributed by atoms with van der Waals surface area (Å²) in [6.07, 6.45) is 1.48. The lowest BCUT2D eigenvalue weighted by molar-refractivity contribution is -0.118. The number of hydrogen-bond donors (Lipinski definition) is 3. The number of nitrogens with one attached hydrogen (secondary N) is 3. The van der Waals surface area contributed by atoms with Crippen molar-refractivity contribution in [3.63, 3.8) is 0 Å². The van der Waals surface area contributed by atoms with E-state index < -0.39 is 0 Å². The van der Waals surface area contributed by atoms with Gasteiger partial charge in [0.15, 0.2) is 11.7 Å². The Kier molecular flexibility index (Phi) is 9.69. The molecule has 0 unspecified atom stereocenters. The summed E-state index contributed by atoms with van der Waals surface area (Å²) in [5.41, 5.74) is 10.3. The van der Waals surface area contributed by atoms with E-state index in [9.17, 15) is 9.59 Å². The fraction of sp³-hybridized carbons (Fsp3) is 0.118. The monoisotopic (exact) mass is 623 g/mol. The van der Waals surface area contributed by atoms with Crippen LogP contribution in [0.1, 0.15) is 32.6 Å². The third-order valence-corrected chi connectivity index (χ3v) is 7.66. The molecule has 0 aliphatic carbocycles. The Balaban J connectivity index is 1.11. The number of amides is 2. The predicted octanol–water partition coefficient (Wildman–Crippen LogP) is 7.91. The minimum Gasteiger partial charge on any atom is -0.482 e. The highest BCUT2D eigenvalue weighted by atomic mass is 35.5. The van der Waals surface area contributed by atoms with E-state index >= 15 is 0 Å². The summed E-state index contributed by atoms with van der Waals surface area (Å²) in [5, 5.41) is 13.3. The van der Waals surface area contributed by atoms with E-state index in [4.69, 9.17) is 16.3 Å². The Bertz CT molecular complexity index is 1820. The van der Waals surface area contributed by atoms with Crippen molar-refractivity contribution >= 4 is 57.5 Å². The number of ether oxygens (including phenoxy) is 1. The van der Waals surface area contributed by atoms with Crippen LogP contribution in [-0.4, -0.2) is 29.6 Å². The van der Waals surface area contributed by atoms with E-state index in [1.54, 1.807) is 30.3 Å². The molecule has 1 aromatic heterocycles. The zero-order chi connectivity index (χ0) is 31.1. The second-order valence-electron chi connectivity index (χ2n) is 10.2. The zero-order valence-corrected chi connectivity index (χ0v) is 25.9. The fourth-order valence-electron chi connectivity index (χ4n) is 4.16. The van der Waals surface area contributed by atoms with E-state index in [0.717, 1.165) is 38.9 Å². The van der Waals surface area contributed by atoms with Crippen molar-refractivity contribution in [2.45, 2.75) is 20.8 Å². The van der Waals surface area contributed by atoms with Crippen molar-refractivity contribution in [3.05, 3.63) is 123 Å². The van der Waals surface area contributed by atoms with Crippen molar-refractivity contribution in [1.29, 1.82) is 0 Å². The number of benzene rings is 4. The molecule has 2 amide bonds. The molecule has 4 aromatic carbocycles. The molecule has 5 aromatic rings. The summed E-state index contributed by atoms with van der Waals surface area (Å²) in [6.45, 7) is 5.75. The number of halogens is 1. The van der Waals surface area contributed by atoms with Crippen LogP contribution in [0, 0.1) is 20.8 Å². The second-order valence-corrected chi connectivity index (χ2v) is 11.4. The van der Waals surface area contributed by atoms with Crippen LogP contribution in [0.4, 0.5) is 16.5 Å². The minimum absolute atomic E-state index is 0.191. The van der Waals surface area contributed by atoms with Gasteiger partial charge >= 0.3 is 0 Å². The van der Waals surface area contributed by atoms with Crippen LogP contribution >= 0.6 is 22.9 Å². The van der Waals surface area contributed by atoms with Crippen LogP contribution in [0.3, 0.4) is 0 Å². The first-order valence-corrected chi connectivity index (χ1v) is 15.0. The van der Waals surface area contributed by atoms with Crippen molar-refractivity contribution in [2.75, 3.05) is 17.2 Å². The lowest BCUT2D eigenvalue weighted by atomic mass is 10.1. The first-order chi connectivity index (χ1) is 21.2. The summed E-state index contributed by atoms with van der Waals surface area (Å²) in [5.74, 6) is -0.279. The van der Waals surface area contributed by atoms with Crippen molar-refractivity contribution in [1.82, 2.24) is 10.4 Å². The Labute approximate surface area is 264 Å². The average Bonchev–Trinajstić information content (AvgIpc) is 3.48. The molecule has 8 nitrogen and oxygen atoms in total. The van der Waals surface area contributed by atoms with Crippen molar-refractivity contribution < 1.29 is 14.3 Å². The maximum absolute atomic E-state index is 12.6. The molecular formula is C34H30ClN5O3S. The maximum atomic E-state index is 12.6. The van der Waals surface area contributed by atoms with Gasteiger partial charge in [-0.25, -0.2) is 10.4 Å².